The van der Waals surface area contributed by atoms with E-state index < -0.39 is 27.0 Å². The minimum absolute atomic E-state index is 0.0105. The van der Waals surface area contributed by atoms with Gasteiger partial charge in [-0.15, -0.1) is 0 Å². The number of benzene rings is 2. The molecule has 3 aromatic rings. The molecule has 1 saturated heterocycles. The Morgan fingerprint density at radius 1 is 0.897 bits per heavy atom. The number of anilines is 5. The van der Waals surface area contributed by atoms with Gasteiger partial charge < -0.3 is 15.5 Å². The van der Waals surface area contributed by atoms with Gasteiger partial charge in [0.25, 0.3) is 0 Å². The van der Waals surface area contributed by atoms with Gasteiger partial charge in [-0.1, -0.05) is 32.9 Å². The maximum atomic E-state index is 14.0. The Labute approximate surface area is 228 Å². The molecule has 0 bridgehead atoms. The van der Waals surface area contributed by atoms with Crippen molar-refractivity contribution in [2.24, 2.45) is 5.41 Å². The molecule has 0 radical (unpaired) electrons. The van der Waals surface area contributed by atoms with Crippen LogP contribution in [0.2, 0.25) is 0 Å². The number of pyridine rings is 1. The van der Waals surface area contributed by atoms with Crippen LogP contribution >= 0.6 is 0 Å². The number of piperidine rings is 1. The summed E-state index contributed by atoms with van der Waals surface area (Å²) < 4.78 is 67.6. The molecule has 39 heavy (non-hydrogen) atoms. The summed E-state index contributed by atoms with van der Waals surface area (Å²) in [6.45, 7) is 8.69. The summed E-state index contributed by atoms with van der Waals surface area (Å²) in [5, 5.41) is 6.16. The largest absolute Gasteiger partial charge is 0.418 e. The Morgan fingerprint density at radius 3 is 2.26 bits per heavy atom. The number of aryl methyl sites for hydroxylation is 1. The Bertz CT molecular complexity index is 1430. The van der Waals surface area contributed by atoms with Crippen molar-refractivity contribution in [3.05, 3.63) is 65.7 Å². The standard InChI is InChI=1S/C29H35F3N4O2S/c1-20-11-14-26(33-22-12-13-25(24(18-22)29(30,31)32)36-15-6-5-7-16-36)35-27(20)34-21-9-8-10-23(17-21)39(37,38)19-28(2,3)4/h8-14,17-18H,5-7,15-16,19H2,1-4H3,(H2,33,34,35). The summed E-state index contributed by atoms with van der Waals surface area (Å²) in [7, 11) is -3.49. The van der Waals surface area contributed by atoms with Gasteiger partial charge in [0.1, 0.15) is 11.6 Å². The number of halogens is 3. The first kappa shape index (κ1) is 28.7. The predicted octanol–water partition coefficient (Wildman–Crippen LogP) is 7.71. The first-order chi connectivity index (χ1) is 18.2. The van der Waals surface area contributed by atoms with E-state index in [-0.39, 0.29) is 22.0 Å². The first-order valence-electron chi connectivity index (χ1n) is 13.0. The predicted molar refractivity (Wildman–Crippen MR) is 151 cm³/mol. The highest BCUT2D eigenvalue weighted by Gasteiger charge is 2.35. The lowest BCUT2D eigenvalue weighted by Gasteiger charge is -2.31. The lowest BCUT2D eigenvalue weighted by molar-refractivity contribution is -0.137. The summed E-state index contributed by atoms with van der Waals surface area (Å²) in [4.78, 5) is 6.57. The monoisotopic (exact) mass is 560 g/mol. The molecule has 210 valence electrons. The number of alkyl halides is 3. The van der Waals surface area contributed by atoms with Crippen LogP contribution in [0.3, 0.4) is 0 Å². The van der Waals surface area contributed by atoms with E-state index in [1.807, 2.05) is 27.7 Å². The first-order valence-corrected chi connectivity index (χ1v) is 14.7. The molecule has 0 amide bonds. The fourth-order valence-electron chi connectivity index (χ4n) is 4.68. The van der Waals surface area contributed by atoms with E-state index in [0.29, 0.717) is 30.4 Å². The molecule has 2 heterocycles. The zero-order chi connectivity index (χ0) is 28.4. The molecule has 2 aromatic carbocycles. The normalized spacial score (nSPS) is 14.8. The third kappa shape index (κ3) is 7.44. The maximum Gasteiger partial charge on any atom is 0.418 e. The van der Waals surface area contributed by atoms with Crippen LogP contribution < -0.4 is 15.5 Å². The second-order valence-electron chi connectivity index (χ2n) is 11.2. The molecule has 0 unspecified atom stereocenters. The second-order valence-corrected chi connectivity index (χ2v) is 13.2. The van der Waals surface area contributed by atoms with Gasteiger partial charge in [-0.05, 0) is 79.6 Å². The van der Waals surface area contributed by atoms with Gasteiger partial charge in [-0.3, -0.25) is 0 Å². The maximum absolute atomic E-state index is 14.0. The van der Waals surface area contributed by atoms with Crippen LogP contribution in [-0.2, 0) is 16.0 Å². The number of aromatic nitrogens is 1. The molecule has 0 saturated carbocycles. The Morgan fingerprint density at radius 2 is 1.59 bits per heavy atom. The molecule has 2 N–H and O–H groups in total. The van der Waals surface area contributed by atoms with Crippen LogP contribution in [0.15, 0.2) is 59.5 Å². The highest BCUT2D eigenvalue weighted by atomic mass is 32.2. The molecule has 0 aliphatic carbocycles. The molecule has 1 aliphatic heterocycles. The SMILES string of the molecule is Cc1ccc(Nc2ccc(N3CCCCC3)c(C(F)(F)F)c2)nc1Nc1cccc(S(=O)(=O)CC(C)(C)C)c1. The van der Waals surface area contributed by atoms with Crippen molar-refractivity contribution >= 4 is 38.5 Å². The van der Waals surface area contributed by atoms with Gasteiger partial charge in [-0.2, -0.15) is 13.2 Å². The lowest BCUT2D eigenvalue weighted by atomic mass is 10.0. The van der Waals surface area contributed by atoms with E-state index in [2.05, 4.69) is 15.6 Å². The lowest BCUT2D eigenvalue weighted by Crippen LogP contribution is -2.31. The van der Waals surface area contributed by atoms with E-state index in [1.54, 1.807) is 47.4 Å². The molecule has 1 fully saturated rings. The summed E-state index contributed by atoms with van der Waals surface area (Å²) >= 11 is 0. The molecule has 6 nitrogen and oxygen atoms in total. The van der Waals surface area contributed by atoms with Crippen molar-refractivity contribution < 1.29 is 21.6 Å². The van der Waals surface area contributed by atoms with Crippen molar-refractivity contribution in [2.45, 2.75) is 58.0 Å². The van der Waals surface area contributed by atoms with Crippen molar-refractivity contribution in [3.63, 3.8) is 0 Å². The van der Waals surface area contributed by atoms with Crippen molar-refractivity contribution in [2.75, 3.05) is 34.4 Å². The van der Waals surface area contributed by atoms with Crippen molar-refractivity contribution in [1.29, 1.82) is 0 Å². The average molecular weight is 561 g/mol. The van der Waals surface area contributed by atoms with Crippen LogP contribution in [0.5, 0.6) is 0 Å². The Balaban J connectivity index is 1.57. The van der Waals surface area contributed by atoms with Crippen LogP contribution in [0.25, 0.3) is 0 Å². The number of hydrogen-bond acceptors (Lipinski definition) is 6. The molecule has 1 aliphatic rings. The third-order valence-electron chi connectivity index (χ3n) is 6.45. The van der Waals surface area contributed by atoms with E-state index in [4.69, 9.17) is 0 Å². The zero-order valence-corrected chi connectivity index (χ0v) is 23.5. The zero-order valence-electron chi connectivity index (χ0n) is 22.7. The highest BCUT2D eigenvalue weighted by Crippen LogP contribution is 2.39. The van der Waals surface area contributed by atoms with Gasteiger partial charge in [0.15, 0.2) is 9.84 Å². The number of nitrogens with zero attached hydrogens (tertiary/aromatic N) is 2. The molecular weight excluding hydrogens is 525 g/mol. The van der Waals surface area contributed by atoms with E-state index in [9.17, 15) is 21.6 Å². The molecule has 4 rings (SSSR count). The molecule has 0 atom stereocenters. The van der Waals surface area contributed by atoms with Gasteiger partial charge >= 0.3 is 6.18 Å². The van der Waals surface area contributed by atoms with Crippen molar-refractivity contribution in [1.82, 2.24) is 4.98 Å². The van der Waals surface area contributed by atoms with Crippen LogP contribution in [0.1, 0.15) is 51.2 Å². The molecule has 1 aromatic heterocycles. The minimum atomic E-state index is -4.49. The smallest absolute Gasteiger partial charge is 0.371 e. The third-order valence-corrected chi connectivity index (χ3v) is 8.67. The van der Waals surface area contributed by atoms with E-state index in [1.165, 1.54) is 6.07 Å². The molecule has 10 heteroatoms. The van der Waals surface area contributed by atoms with Crippen LogP contribution in [0, 0.1) is 12.3 Å². The van der Waals surface area contributed by atoms with E-state index in [0.717, 1.165) is 30.9 Å². The topological polar surface area (TPSA) is 74.3 Å². The van der Waals surface area contributed by atoms with Gasteiger partial charge in [0.05, 0.1) is 16.2 Å². The Kier molecular flexibility index (Phi) is 8.16. The number of nitrogens with one attached hydrogen (secondary N) is 2. The van der Waals surface area contributed by atoms with Gasteiger partial charge in [-0.25, -0.2) is 13.4 Å². The molecular formula is C29H35F3N4O2S. The van der Waals surface area contributed by atoms with Crippen LogP contribution in [-0.4, -0.2) is 32.2 Å². The average Bonchev–Trinajstić information content (AvgIpc) is 2.85. The number of sulfone groups is 1. The quantitative estimate of drug-likeness (QED) is 0.308. The van der Waals surface area contributed by atoms with Crippen molar-refractivity contribution in [3.8, 4) is 0 Å². The summed E-state index contributed by atoms with van der Waals surface area (Å²) in [6.07, 6.45) is -1.70. The number of rotatable bonds is 7. The Hall–Kier alpha value is -3.27. The fraction of sp³-hybridized carbons (Fsp3) is 0.414. The second kappa shape index (κ2) is 11.1. The summed E-state index contributed by atoms with van der Waals surface area (Å²) in [6, 6.07) is 14.3. The number of hydrogen-bond donors (Lipinski definition) is 2. The summed E-state index contributed by atoms with van der Waals surface area (Å²) in [5.74, 6) is 0.834. The van der Waals surface area contributed by atoms with E-state index >= 15 is 0 Å². The van der Waals surface area contributed by atoms with Gasteiger partial charge in [0.2, 0.25) is 0 Å². The fourth-order valence-corrected chi connectivity index (χ4v) is 6.58. The highest BCUT2D eigenvalue weighted by molar-refractivity contribution is 7.91. The molecule has 0 spiro atoms. The van der Waals surface area contributed by atoms with Gasteiger partial charge in [0, 0.05) is 30.2 Å². The van der Waals surface area contributed by atoms with Crippen LogP contribution in [0.4, 0.5) is 41.9 Å². The summed E-state index contributed by atoms with van der Waals surface area (Å²) in [5.41, 5.74) is 0.753. The minimum Gasteiger partial charge on any atom is -0.371 e.